The number of carbonyl (C=O) groups is 3. The number of amides is 2. The standard InChI is InChI=1S/C19H22N2O5S/c1-9-4-5-12-14(6-9)27-18(16(12)17(20)23)21-15(22)8-25-19(24)13-7-10(2)26-11(13)3/h7,9H,4-6,8H2,1-3H3,(H2,20,23)(H,21,22)/t9-/m1/s1. The zero-order valence-corrected chi connectivity index (χ0v) is 16.3. The van der Waals surface area contributed by atoms with Crippen molar-refractivity contribution in [3.8, 4) is 0 Å². The normalized spacial score (nSPS) is 15.9. The van der Waals surface area contributed by atoms with E-state index in [1.54, 1.807) is 19.9 Å². The van der Waals surface area contributed by atoms with Crippen LogP contribution in [0.25, 0.3) is 0 Å². The first-order valence-electron chi connectivity index (χ1n) is 8.74. The smallest absolute Gasteiger partial charge is 0.342 e. The Morgan fingerprint density at radius 2 is 2.11 bits per heavy atom. The number of anilines is 1. The average Bonchev–Trinajstić information content (AvgIpc) is 3.11. The molecule has 0 spiro atoms. The van der Waals surface area contributed by atoms with E-state index in [2.05, 4.69) is 12.2 Å². The highest BCUT2D eigenvalue weighted by Gasteiger charge is 2.27. The molecule has 0 saturated heterocycles. The van der Waals surface area contributed by atoms with Gasteiger partial charge in [0.15, 0.2) is 6.61 Å². The molecule has 2 aromatic rings. The van der Waals surface area contributed by atoms with E-state index in [1.165, 1.54) is 11.3 Å². The van der Waals surface area contributed by atoms with Crippen LogP contribution in [0, 0.1) is 19.8 Å². The zero-order valence-electron chi connectivity index (χ0n) is 15.5. The monoisotopic (exact) mass is 390 g/mol. The molecule has 0 radical (unpaired) electrons. The predicted octanol–water partition coefficient (Wildman–Crippen LogP) is 2.98. The second kappa shape index (κ2) is 7.56. The number of esters is 1. The van der Waals surface area contributed by atoms with Crippen molar-refractivity contribution in [2.45, 2.75) is 40.0 Å². The zero-order chi connectivity index (χ0) is 19.7. The summed E-state index contributed by atoms with van der Waals surface area (Å²) in [7, 11) is 0. The minimum Gasteiger partial charge on any atom is -0.466 e. The van der Waals surface area contributed by atoms with Crippen molar-refractivity contribution in [3.05, 3.63) is 39.2 Å². The van der Waals surface area contributed by atoms with E-state index in [0.29, 0.717) is 33.6 Å². The van der Waals surface area contributed by atoms with Crippen LogP contribution in [0.3, 0.4) is 0 Å². The number of furan rings is 1. The van der Waals surface area contributed by atoms with Gasteiger partial charge in [-0.25, -0.2) is 4.79 Å². The van der Waals surface area contributed by atoms with Crippen LogP contribution in [-0.4, -0.2) is 24.4 Å². The summed E-state index contributed by atoms with van der Waals surface area (Å²) in [5, 5.41) is 3.10. The van der Waals surface area contributed by atoms with Gasteiger partial charge in [0.1, 0.15) is 22.1 Å². The molecule has 0 fully saturated rings. The Labute approximate surface area is 160 Å². The number of hydrogen-bond donors (Lipinski definition) is 2. The van der Waals surface area contributed by atoms with Crippen LogP contribution in [0.2, 0.25) is 0 Å². The number of thiophene rings is 1. The van der Waals surface area contributed by atoms with Gasteiger partial charge in [-0.1, -0.05) is 6.92 Å². The van der Waals surface area contributed by atoms with E-state index in [4.69, 9.17) is 14.9 Å². The number of primary amides is 1. The predicted molar refractivity (Wildman–Crippen MR) is 101 cm³/mol. The minimum absolute atomic E-state index is 0.290. The summed E-state index contributed by atoms with van der Waals surface area (Å²) in [6.07, 6.45) is 2.62. The van der Waals surface area contributed by atoms with Crippen LogP contribution in [-0.2, 0) is 22.4 Å². The number of ether oxygens (including phenoxy) is 1. The molecule has 2 heterocycles. The molecule has 0 aromatic carbocycles. The quantitative estimate of drug-likeness (QED) is 0.762. The highest BCUT2D eigenvalue weighted by Crippen LogP contribution is 2.39. The average molecular weight is 390 g/mol. The summed E-state index contributed by atoms with van der Waals surface area (Å²) in [5.41, 5.74) is 7.13. The molecule has 0 saturated carbocycles. The van der Waals surface area contributed by atoms with Crippen molar-refractivity contribution < 1.29 is 23.5 Å². The molecule has 27 heavy (non-hydrogen) atoms. The summed E-state index contributed by atoms with van der Waals surface area (Å²) >= 11 is 1.37. The fraction of sp³-hybridized carbons (Fsp3) is 0.421. The number of carbonyl (C=O) groups excluding carboxylic acids is 3. The first kappa shape index (κ1) is 19.2. The van der Waals surface area contributed by atoms with Gasteiger partial charge in [0.25, 0.3) is 11.8 Å². The molecule has 2 aromatic heterocycles. The SMILES string of the molecule is Cc1cc(C(=O)OCC(=O)Nc2sc3c(c2C(N)=O)CC[C@@H](C)C3)c(C)o1. The summed E-state index contributed by atoms with van der Waals surface area (Å²) in [6.45, 7) is 5.07. The maximum atomic E-state index is 12.2. The molecule has 7 nitrogen and oxygen atoms in total. The summed E-state index contributed by atoms with van der Waals surface area (Å²) < 4.78 is 10.3. The Morgan fingerprint density at radius 3 is 2.74 bits per heavy atom. The minimum atomic E-state index is -0.631. The fourth-order valence-corrected chi connectivity index (χ4v) is 4.74. The molecule has 2 amide bonds. The lowest BCUT2D eigenvalue weighted by Crippen LogP contribution is -2.23. The van der Waals surface area contributed by atoms with Crippen molar-refractivity contribution >= 4 is 34.1 Å². The summed E-state index contributed by atoms with van der Waals surface area (Å²) in [4.78, 5) is 37.3. The summed E-state index contributed by atoms with van der Waals surface area (Å²) in [6, 6.07) is 1.56. The Kier molecular flexibility index (Phi) is 5.36. The van der Waals surface area contributed by atoms with Crippen molar-refractivity contribution in [1.29, 1.82) is 0 Å². The molecular formula is C19H22N2O5S. The number of aryl methyl sites for hydroxylation is 2. The van der Waals surface area contributed by atoms with Gasteiger partial charge in [-0.2, -0.15) is 0 Å². The molecule has 8 heteroatoms. The fourth-order valence-electron chi connectivity index (χ4n) is 3.30. The first-order chi connectivity index (χ1) is 12.8. The van der Waals surface area contributed by atoms with Gasteiger partial charge in [-0.05, 0) is 50.7 Å². The van der Waals surface area contributed by atoms with Crippen LogP contribution in [0.1, 0.15) is 56.0 Å². The third kappa shape index (κ3) is 4.05. The lowest BCUT2D eigenvalue weighted by Gasteiger charge is -2.18. The molecule has 0 unspecified atom stereocenters. The molecule has 1 atom stereocenters. The highest BCUT2D eigenvalue weighted by molar-refractivity contribution is 7.17. The van der Waals surface area contributed by atoms with E-state index >= 15 is 0 Å². The second-order valence-corrected chi connectivity index (χ2v) is 7.98. The Balaban J connectivity index is 1.68. The topological polar surface area (TPSA) is 112 Å². The number of nitrogens with one attached hydrogen (secondary N) is 1. The Hall–Kier alpha value is -2.61. The second-order valence-electron chi connectivity index (χ2n) is 6.87. The van der Waals surface area contributed by atoms with Crippen LogP contribution >= 0.6 is 11.3 Å². The third-order valence-corrected chi connectivity index (χ3v) is 5.78. The molecule has 3 rings (SSSR count). The van der Waals surface area contributed by atoms with Gasteiger partial charge in [0.2, 0.25) is 0 Å². The van der Waals surface area contributed by atoms with Crippen molar-refractivity contribution in [3.63, 3.8) is 0 Å². The molecule has 3 N–H and O–H groups in total. The lowest BCUT2D eigenvalue weighted by atomic mass is 9.88. The highest BCUT2D eigenvalue weighted by atomic mass is 32.1. The molecule has 0 aliphatic heterocycles. The van der Waals surface area contributed by atoms with Crippen LogP contribution in [0.5, 0.6) is 0 Å². The molecule has 1 aliphatic rings. The van der Waals surface area contributed by atoms with Gasteiger partial charge in [0.05, 0.1) is 5.56 Å². The van der Waals surface area contributed by atoms with Gasteiger partial charge >= 0.3 is 5.97 Å². The van der Waals surface area contributed by atoms with Crippen LogP contribution < -0.4 is 11.1 Å². The number of fused-ring (bicyclic) bond motifs is 1. The number of hydrogen-bond acceptors (Lipinski definition) is 6. The van der Waals surface area contributed by atoms with Crippen molar-refractivity contribution in [2.75, 3.05) is 11.9 Å². The van der Waals surface area contributed by atoms with Crippen LogP contribution in [0.4, 0.5) is 5.00 Å². The first-order valence-corrected chi connectivity index (χ1v) is 9.56. The van der Waals surface area contributed by atoms with Crippen molar-refractivity contribution in [2.24, 2.45) is 11.7 Å². The maximum Gasteiger partial charge on any atom is 0.342 e. The van der Waals surface area contributed by atoms with E-state index in [-0.39, 0.29) is 0 Å². The maximum absolute atomic E-state index is 12.2. The number of rotatable bonds is 5. The van der Waals surface area contributed by atoms with Crippen LogP contribution in [0.15, 0.2) is 10.5 Å². The number of nitrogens with two attached hydrogens (primary N) is 1. The largest absolute Gasteiger partial charge is 0.466 e. The van der Waals surface area contributed by atoms with E-state index < -0.39 is 24.4 Å². The van der Waals surface area contributed by atoms with Gasteiger partial charge in [0, 0.05) is 4.88 Å². The Bertz CT molecular complexity index is 912. The van der Waals surface area contributed by atoms with E-state index in [1.807, 2.05) is 0 Å². The van der Waals surface area contributed by atoms with Crippen molar-refractivity contribution in [1.82, 2.24) is 0 Å². The summed E-state index contributed by atoms with van der Waals surface area (Å²) in [5.74, 6) is -0.145. The van der Waals surface area contributed by atoms with Gasteiger partial charge in [-0.15, -0.1) is 11.3 Å². The lowest BCUT2D eigenvalue weighted by molar-refractivity contribution is -0.119. The van der Waals surface area contributed by atoms with E-state index in [0.717, 1.165) is 29.7 Å². The molecule has 144 valence electrons. The van der Waals surface area contributed by atoms with Gasteiger partial charge < -0.3 is 20.2 Å². The van der Waals surface area contributed by atoms with Gasteiger partial charge in [-0.3, -0.25) is 9.59 Å². The molecule has 1 aliphatic carbocycles. The third-order valence-electron chi connectivity index (χ3n) is 4.61. The van der Waals surface area contributed by atoms with E-state index in [9.17, 15) is 14.4 Å². The Morgan fingerprint density at radius 1 is 1.37 bits per heavy atom. The molecular weight excluding hydrogens is 368 g/mol. The molecule has 0 bridgehead atoms.